The highest BCUT2D eigenvalue weighted by molar-refractivity contribution is 9.10. The molecule has 2 nitrogen and oxygen atoms in total. The third-order valence-electron chi connectivity index (χ3n) is 3.52. The molecule has 1 aromatic rings. The highest BCUT2D eigenvalue weighted by Gasteiger charge is 2.25. The first-order chi connectivity index (χ1) is 8.09. The van der Waals surface area contributed by atoms with Crippen molar-refractivity contribution in [2.45, 2.75) is 62.7 Å². The fourth-order valence-corrected chi connectivity index (χ4v) is 4.07. The van der Waals surface area contributed by atoms with Gasteiger partial charge in [0.1, 0.15) is 0 Å². The van der Waals surface area contributed by atoms with Crippen molar-refractivity contribution in [2.24, 2.45) is 0 Å². The predicted octanol–water partition coefficient (Wildman–Crippen LogP) is 5.04. The van der Waals surface area contributed by atoms with Crippen LogP contribution in [0, 0.1) is 0 Å². The van der Waals surface area contributed by atoms with Gasteiger partial charge in [0, 0.05) is 16.8 Å². The molecule has 4 heteroatoms. The number of halogens is 2. The van der Waals surface area contributed by atoms with E-state index in [0.717, 1.165) is 0 Å². The quantitative estimate of drug-likeness (QED) is 0.531. The fraction of sp³-hybridized carbons (Fsp3) is 0.769. The van der Waals surface area contributed by atoms with E-state index in [1.807, 2.05) is 6.20 Å². The topological polar surface area (TPSA) is 17.8 Å². The van der Waals surface area contributed by atoms with Gasteiger partial charge in [-0.05, 0) is 49.0 Å². The van der Waals surface area contributed by atoms with Crippen LogP contribution in [0.4, 0.5) is 0 Å². The summed E-state index contributed by atoms with van der Waals surface area (Å²) in [5.74, 6) is 0.640. The maximum Gasteiger partial charge on any atom is 0.0635 e. The molecular formula is C13H20Br2N2. The average molecular weight is 364 g/mol. The van der Waals surface area contributed by atoms with Crippen molar-refractivity contribution in [1.29, 1.82) is 0 Å². The zero-order valence-electron chi connectivity index (χ0n) is 10.5. The van der Waals surface area contributed by atoms with Gasteiger partial charge in [-0.3, -0.25) is 4.68 Å². The summed E-state index contributed by atoms with van der Waals surface area (Å²) in [5.41, 5.74) is 1.39. The molecule has 17 heavy (non-hydrogen) atoms. The average Bonchev–Trinajstić information content (AvgIpc) is 2.52. The van der Waals surface area contributed by atoms with Gasteiger partial charge in [-0.2, -0.15) is 5.10 Å². The van der Waals surface area contributed by atoms with E-state index in [2.05, 4.69) is 55.5 Å². The largest absolute Gasteiger partial charge is 0.266 e. The van der Waals surface area contributed by atoms with Crippen molar-refractivity contribution in [2.75, 3.05) is 0 Å². The number of alkyl halides is 1. The molecule has 2 atom stereocenters. The Morgan fingerprint density at radius 1 is 1.35 bits per heavy atom. The molecular weight excluding hydrogens is 344 g/mol. The molecule has 1 aliphatic rings. The Morgan fingerprint density at radius 3 is 2.76 bits per heavy atom. The summed E-state index contributed by atoms with van der Waals surface area (Å²) in [6.45, 7) is 4.40. The van der Waals surface area contributed by atoms with Gasteiger partial charge in [0.2, 0.25) is 0 Å². The molecule has 0 amide bonds. The predicted molar refractivity (Wildman–Crippen MR) is 78.9 cm³/mol. The van der Waals surface area contributed by atoms with Crippen LogP contribution in [0.2, 0.25) is 0 Å². The summed E-state index contributed by atoms with van der Waals surface area (Å²) in [6.07, 6.45) is 8.46. The lowest BCUT2D eigenvalue weighted by molar-refractivity contribution is 0.464. The first-order valence-corrected chi connectivity index (χ1v) is 8.17. The Hall–Kier alpha value is 0.170. The summed E-state index contributed by atoms with van der Waals surface area (Å²) in [7, 11) is 0. The Labute approximate surface area is 120 Å². The van der Waals surface area contributed by atoms with E-state index in [4.69, 9.17) is 0 Å². The second-order valence-electron chi connectivity index (χ2n) is 5.23. The van der Waals surface area contributed by atoms with Crippen LogP contribution in [0.3, 0.4) is 0 Å². The van der Waals surface area contributed by atoms with Gasteiger partial charge in [-0.1, -0.05) is 28.8 Å². The zero-order chi connectivity index (χ0) is 12.4. The Balaban J connectivity index is 2.28. The lowest BCUT2D eigenvalue weighted by atomic mass is 9.96. The summed E-state index contributed by atoms with van der Waals surface area (Å²) in [6, 6.07) is 0.438. The van der Waals surface area contributed by atoms with Gasteiger partial charge in [0.15, 0.2) is 0 Å². The minimum absolute atomic E-state index is 0.438. The van der Waals surface area contributed by atoms with Gasteiger partial charge in [-0.25, -0.2) is 0 Å². The molecule has 1 heterocycles. The number of nitrogens with zero attached hydrogens (tertiary/aromatic N) is 2. The van der Waals surface area contributed by atoms with E-state index >= 15 is 0 Å². The molecule has 0 N–H and O–H groups in total. The second kappa shape index (κ2) is 5.87. The molecule has 96 valence electrons. The summed E-state index contributed by atoms with van der Waals surface area (Å²) >= 11 is 7.47. The minimum Gasteiger partial charge on any atom is -0.266 e. The Morgan fingerprint density at radius 2 is 2.06 bits per heavy atom. The van der Waals surface area contributed by atoms with Crippen LogP contribution in [0.5, 0.6) is 0 Å². The van der Waals surface area contributed by atoms with Crippen LogP contribution in [0.1, 0.15) is 63.6 Å². The molecule has 1 saturated carbocycles. The molecule has 0 bridgehead atoms. The monoisotopic (exact) mass is 362 g/mol. The lowest BCUT2D eigenvalue weighted by Gasteiger charge is -2.20. The van der Waals surface area contributed by atoms with Crippen LogP contribution in [0.15, 0.2) is 10.7 Å². The van der Waals surface area contributed by atoms with E-state index in [1.165, 1.54) is 42.3 Å². The maximum atomic E-state index is 4.50. The third kappa shape index (κ3) is 3.14. The van der Waals surface area contributed by atoms with Gasteiger partial charge in [0.25, 0.3) is 0 Å². The van der Waals surface area contributed by atoms with E-state index in [9.17, 15) is 0 Å². The molecule has 0 saturated heterocycles. The first-order valence-electron chi connectivity index (χ1n) is 6.46. The lowest BCUT2D eigenvalue weighted by Crippen LogP contribution is -2.13. The summed E-state index contributed by atoms with van der Waals surface area (Å²) in [5, 5.41) is 4.50. The number of hydrogen-bond acceptors (Lipinski definition) is 1. The fourth-order valence-electron chi connectivity index (χ4n) is 2.69. The Bertz CT molecular complexity index is 373. The van der Waals surface area contributed by atoms with Crippen LogP contribution >= 0.6 is 31.9 Å². The molecule has 0 radical (unpaired) electrons. The summed E-state index contributed by atoms with van der Waals surface area (Å²) < 4.78 is 3.36. The Kier molecular flexibility index (Phi) is 4.70. The van der Waals surface area contributed by atoms with Crippen LogP contribution in [-0.2, 0) is 0 Å². The molecule has 1 aromatic heterocycles. The van der Waals surface area contributed by atoms with Crippen molar-refractivity contribution in [3.63, 3.8) is 0 Å². The molecule has 1 aliphatic carbocycles. The van der Waals surface area contributed by atoms with Crippen molar-refractivity contribution in [3.8, 4) is 0 Å². The smallest absolute Gasteiger partial charge is 0.0635 e. The van der Waals surface area contributed by atoms with Crippen LogP contribution in [0.25, 0.3) is 0 Å². The van der Waals surface area contributed by atoms with Crippen molar-refractivity contribution < 1.29 is 0 Å². The highest BCUT2D eigenvalue weighted by Crippen LogP contribution is 2.38. The van der Waals surface area contributed by atoms with Crippen molar-refractivity contribution in [3.05, 3.63) is 16.4 Å². The minimum atomic E-state index is 0.438. The SMILES string of the molecule is CC(C)n1ncc(Br)c1C1CCCCC(Br)C1. The highest BCUT2D eigenvalue weighted by atomic mass is 79.9. The van der Waals surface area contributed by atoms with E-state index in [1.54, 1.807) is 0 Å². The normalized spacial score (nSPS) is 26.2. The van der Waals surface area contributed by atoms with Crippen molar-refractivity contribution in [1.82, 2.24) is 9.78 Å². The molecule has 0 spiro atoms. The van der Waals surface area contributed by atoms with Gasteiger partial charge in [-0.15, -0.1) is 0 Å². The second-order valence-corrected chi connectivity index (χ2v) is 7.38. The number of hydrogen-bond donors (Lipinski definition) is 0. The molecule has 0 aliphatic heterocycles. The van der Waals surface area contributed by atoms with Gasteiger partial charge < -0.3 is 0 Å². The number of rotatable bonds is 2. The van der Waals surface area contributed by atoms with Gasteiger partial charge >= 0.3 is 0 Å². The summed E-state index contributed by atoms with van der Waals surface area (Å²) in [4.78, 5) is 0.664. The maximum absolute atomic E-state index is 4.50. The van der Waals surface area contributed by atoms with E-state index in [0.29, 0.717) is 16.8 Å². The molecule has 0 aromatic carbocycles. The van der Waals surface area contributed by atoms with Crippen LogP contribution in [-0.4, -0.2) is 14.6 Å². The molecule has 1 fully saturated rings. The molecule has 2 rings (SSSR count). The van der Waals surface area contributed by atoms with Crippen LogP contribution < -0.4 is 0 Å². The van der Waals surface area contributed by atoms with Gasteiger partial charge in [0.05, 0.1) is 16.4 Å². The standard InChI is InChI=1S/C13H20Br2N2/c1-9(2)17-13(12(15)8-16-17)10-5-3-4-6-11(14)7-10/h8-11H,3-7H2,1-2H3. The zero-order valence-corrected chi connectivity index (χ0v) is 13.7. The van der Waals surface area contributed by atoms with Crippen molar-refractivity contribution >= 4 is 31.9 Å². The van der Waals surface area contributed by atoms with E-state index in [-0.39, 0.29) is 0 Å². The number of aromatic nitrogens is 2. The van der Waals surface area contributed by atoms with E-state index < -0.39 is 0 Å². The third-order valence-corrected chi connectivity index (χ3v) is 4.97. The molecule has 2 unspecified atom stereocenters. The first kappa shape index (κ1) is 13.6.